The van der Waals surface area contributed by atoms with Gasteiger partial charge in [0.1, 0.15) is 6.10 Å². The van der Waals surface area contributed by atoms with Gasteiger partial charge in [-0.2, -0.15) is 4.80 Å². The predicted molar refractivity (Wildman–Crippen MR) is 45.6 cm³/mol. The Kier molecular flexibility index (Phi) is 2.03. The summed E-state index contributed by atoms with van der Waals surface area (Å²) >= 11 is 0. The Morgan fingerprint density at radius 1 is 1.54 bits per heavy atom. The summed E-state index contributed by atoms with van der Waals surface area (Å²) in [6, 6.07) is 0. The maximum Gasteiger partial charge on any atom is 0.203 e. The molecule has 1 N–H and O–H groups in total. The van der Waals surface area contributed by atoms with Gasteiger partial charge in [-0.3, -0.25) is 0 Å². The van der Waals surface area contributed by atoms with Crippen LogP contribution in [0.4, 0.5) is 0 Å². The molecule has 1 fully saturated rings. The van der Waals surface area contributed by atoms with Gasteiger partial charge in [0.25, 0.3) is 0 Å². The maximum absolute atomic E-state index is 9.83. The Balaban J connectivity index is 2.06. The molecule has 1 aliphatic rings. The van der Waals surface area contributed by atoms with E-state index in [9.17, 15) is 5.11 Å². The van der Waals surface area contributed by atoms with Crippen LogP contribution in [0.25, 0.3) is 0 Å². The van der Waals surface area contributed by atoms with E-state index in [1.807, 2.05) is 6.92 Å². The van der Waals surface area contributed by atoms with Gasteiger partial charge >= 0.3 is 0 Å². The fourth-order valence-electron chi connectivity index (χ4n) is 1.53. The van der Waals surface area contributed by atoms with Crippen molar-refractivity contribution in [3.05, 3.63) is 5.82 Å². The van der Waals surface area contributed by atoms with E-state index in [1.165, 1.54) is 17.6 Å². The monoisotopic (exact) mass is 182 g/mol. The van der Waals surface area contributed by atoms with Crippen molar-refractivity contribution < 1.29 is 5.11 Å². The second-order valence-corrected chi connectivity index (χ2v) is 3.78. The van der Waals surface area contributed by atoms with E-state index in [0.717, 1.165) is 0 Å². The summed E-state index contributed by atoms with van der Waals surface area (Å²) in [5, 5.41) is 21.3. The van der Waals surface area contributed by atoms with Crippen LogP contribution in [-0.4, -0.2) is 25.3 Å². The van der Waals surface area contributed by atoms with Gasteiger partial charge in [0, 0.05) is 0 Å². The summed E-state index contributed by atoms with van der Waals surface area (Å²) in [5.74, 6) is 1.35. The molecular formula is C8H14N4O. The first-order valence-electron chi connectivity index (χ1n) is 4.60. The molecule has 0 saturated heterocycles. The van der Waals surface area contributed by atoms with Gasteiger partial charge in [-0.25, -0.2) is 0 Å². The molecule has 0 spiro atoms. The summed E-state index contributed by atoms with van der Waals surface area (Å²) in [6.45, 7) is 2.04. The molecule has 0 radical (unpaired) electrons. The zero-order valence-corrected chi connectivity index (χ0v) is 7.88. The van der Waals surface area contributed by atoms with E-state index >= 15 is 0 Å². The molecule has 0 amide bonds. The van der Waals surface area contributed by atoms with E-state index in [-0.39, 0.29) is 5.92 Å². The van der Waals surface area contributed by atoms with E-state index in [1.54, 1.807) is 7.05 Å². The number of nitrogens with zero attached hydrogens (tertiary/aromatic N) is 4. The van der Waals surface area contributed by atoms with Crippen molar-refractivity contribution in [2.24, 2.45) is 18.9 Å². The Morgan fingerprint density at radius 3 is 2.69 bits per heavy atom. The minimum absolute atomic E-state index is 0.254. The first kappa shape index (κ1) is 8.62. The van der Waals surface area contributed by atoms with Crippen LogP contribution in [0, 0.1) is 11.8 Å². The van der Waals surface area contributed by atoms with Gasteiger partial charge in [0.2, 0.25) is 5.82 Å². The molecule has 1 aliphatic carbocycles. The van der Waals surface area contributed by atoms with Crippen LogP contribution in [0.2, 0.25) is 0 Å². The fraction of sp³-hybridized carbons (Fsp3) is 0.875. The zero-order chi connectivity index (χ0) is 9.42. The number of hydrogen-bond donors (Lipinski definition) is 1. The molecule has 1 saturated carbocycles. The molecule has 5 heteroatoms. The van der Waals surface area contributed by atoms with Crippen molar-refractivity contribution in [2.45, 2.75) is 25.9 Å². The Labute approximate surface area is 76.8 Å². The number of aromatic nitrogens is 4. The molecule has 1 aromatic rings. The minimum atomic E-state index is -0.554. The smallest absolute Gasteiger partial charge is 0.203 e. The van der Waals surface area contributed by atoms with E-state index in [2.05, 4.69) is 15.4 Å². The summed E-state index contributed by atoms with van der Waals surface area (Å²) in [6.07, 6.45) is 1.89. The third-order valence-electron chi connectivity index (χ3n) is 2.65. The van der Waals surface area contributed by atoms with Gasteiger partial charge < -0.3 is 5.11 Å². The molecule has 0 bridgehead atoms. The van der Waals surface area contributed by atoms with Crippen molar-refractivity contribution in [3.8, 4) is 0 Å². The van der Waals surface area contributed by atoms with Crippen LogP contribution in [0.3, 0.4) is 0 Å². The van der Waals surface area contributed by atoms with E-state index in [4.69, 9.17) is 0 Å². The summed E-state index contributed by atoms with van der Waals surface area (Å²) in [7, 11) is 1.70. The molecule has 1 heterocycles. The molecular weight excluding hydrogens is 168 g/mol. The molecule has 0 aromatic carbocycles. The average molecular weight is 182 g/mol. The normalized spacial score (nSPS) is 21.5. The van der Waals surface area contributed by atoms with Gasteiger partial charge in [0.05, 0.1) is 7.05 Å². The van der Waals surface area contributed by atoms with Gasteiger partial charge in [-0.1, -0.05) is 6.92 Å². The molecule has 2 unspecified atom stereocenters. The van der Waals surface area contributed by atoms with Crippen LogP contribution < -0.4 is 0 Å². The Bertz CT molecular complexity index is 294. The van der Waals surface area contributed by atoms with Gasteiger partial charge in [-0.15, -0.1) is 10.2 Å². The topological polar surface area (TPSA) is 63.8 Å². The standard InChI is InChI=1S/C8H14N4O/c1-5(6-3-4-6)7(13)8-9-11-12(2)10-8/h5-7,13H,3-4H2,1-2H3. The lowest BCUT2D eigenvalue weighted by molar-refractivity contribution is 0.0968. The Morgan fingerprint density at radius 2 is 2.23 bits per heavy atom. The number of aryl methyl sites for hydroxylation is 1. The highest BCUT2D eigenvalue weighted by Crippen LogP contribution is 2.41. The Hall–Kier alpha value is -0.970. The number of aliphatic hydroxyl groups is 1. The fourth-order valence-corrected chi connectivity index (χ4v) is 1.53. The number of rotatable bonds is 3. The molecule has 72 valence electrons. The lowest BCUT2D eigenvalue weighted by atomic mass is 9.99. The van der Waals surface area contributed by atoms with Crippen molar-refractivity contribution in [1.29, 1.82) is 0 Å². The molecule has 2 rings (SSSR count). The van der Waals surface area contributed by atoms with Crippen molar-refractivity contribution in [2.75, 3.05) is 0 Å². The molecule has 1 aromatic heterocycles. The van der Waals surface area contributed by atoms with Crippen molar-refractivity contribution in [3.63, 3.8) is 0 Å². The molecule has 13 heavy (non-hydrogen) atoms. The minimum Gasteiger partial charge on any atom is -0.385 e. The molecule has 0 aliphatic heterocycles. The lowest BCUT2D eigenvalue weighted by Crippen LogP contribution is -2.13. The first-order valence-corrected chi connectivity index (χ1v) is 4.60. The highest BCUT2D eigenvalue weighted by Gasteiger charge is 2.34. The van der Waals surface area contributed by atoms with Crippen molar-refractivity contribution >= 4 is 0 Å². The van der Waals surface area contributed by atoms with Gasteiger partial charge in [0.15, 0.2) is 0 Å². The predicted octanol–water partition coefficient (Wildman–Crippen LogP) is 0.290. The van der Waals surface area contributed by atoms with Crippen molar-refractivity contribution in [1.82, 2.24) is 20.2 Å². The number of aliphatic hydroxyl groups excluding tert-OH is 1. The average Bonchev–Trinajstić information content (AvgIpc) is 2.87. The van der Waals surface area contributed by atoms with Crippen LogP contribution in [0.15, 0.2) is 0 Å². The maximum atomic E-state index is 9.83. The number of tetrazole rings is 1. The lowest BCUT2D eigenvalue weighted by Gasteiger charge is -2.13. The summed E-state index contributed by atoms with van der Waals surface area (Å²) in [4.78, 5) is 1.37. The van der Waals surface area contributed by atoms with Crippen LogP contribution in [0.1, 0.15) is 31.7 Å². The molecule has 5 nitrogen and oxygen atoms in total. The highest BCUT2D eigenvalue weighted by atomic mass is 16.3. The second-order valence-electron chi connectivity index (χ2n) is 3.78. The quantitative estimate of drug-likeness (QED) is 0.729. The van der Waals surface area contributed by atoms with Crippen LogP contribution in [0.5, 0.6) is 0 Å². The van der Waals surface area contributed by atoms with Crippen LogP contribution >= 0.6 is 0 Å². The summed E-state index contributed by atoms with van der Waals surface area (Å²) in [5.41, 5.74) is 0. The van der Waals surface area contributed by atoms with E-state index < -0.39 is 6.10 Å². The first-order chi connectivity index (χ1) is 6.18. The third kappa shape index (κ3) is 1.70. The number of hydrogen-bond acceptors (Lipinski definition) is 4. The summed E-state index contributed by atoms with van der Waals surface area (Å²) < 4.78 is 0. The second kappa shape index (κ2) is 3.06. The van der Waals surface area contributed by atoms with Gasteiger partial charge in [-0.05, 0) is 29.9 Å². The van der Waals surface area contributed by atoms with Crippen LogP contribution in [-0.2, 0) is 7.05 Å². The largest absolute Gasteiger partial charge is 0.385 e. The SMILES string of the molecule is CC(C1CC1)C(O)c1nnn(C)n1. The molecule has 2 atom stereocenters. The zero-order valence-electron chi connectivity index (χ0n) is 7.88. The third-order valence-corrected chi connectivity index (χ3v) is 2.65. The highest BCUT2D eigenvalue weighted by molar-refractivity contribution is 4.92. The van der Waals surface area contributed by atoms with E-state index in [0.29, 0.717) is 11.7 Å².